The normalized spacial score (nSPS) is 10.5. The Bertz CT molecular complexity index is 1150. The van der Waals surface area contributed by atoms with E-state index in [4.69, 9.17) is 13.9 Å². The van der Waals surface area contributed by atoms with Crippen molar-refractivity contribution in [2.24, 2.45) is 0 Å². The van der Waals surface area contributed by atoms with Gasteiger partial charge in [0, 0.05) is 31.6 Å². The molecule has 0 fully saturated rings. The van der Waals surface area contributed by atoms with Crippen molar-refractivity contribution < 1.29 is 23.5 Å². The van der Waals surface area contributed by atoms with Crippen molar-refractivity contribution in [3.8, 4) is 11.5 Å². The van der Waals surface area contributed by atoms with Crippen LogP contribution >= 0.6 is 0 Å². The number of amides is 2. The maximum atomic E-state index is 12.6. The van der Waals surface area contributed by atoms with Gasteiger partial charge in [-0.15, -0.1) is 0 Å². The lowest BCUT2D eigenvalue weighted by Crippen LogP contribution is -2.23. The van der Waals surface area contributed by atoms with Gasteiger partial charge >= 0.3 is 5.63 Å². The molecule has 3 aromatic rings. The molecule has 1 aromatic heterocycles. The summed E-state index contributed by atoms with van der Waals surface area (Å²) in [6, 6.07) is 11.8. The Morgan fingerprint density at radius 2 is 1.77 bits per heavy atom. The summed E-state index contributed by atoms with van der Waals surface area (Å²) >= 11 is 0. The summed E-state index contributed by atoms with van der Waals surface area (Å²) in [5.74, 6) is 0.0738. The van der Waals surface area contributed by atoms with E-state index in [2.05, 4.69) is 5.32 Å². The average molecular weight is 410 g/mol. The monoisotopic (exact) mass is 410 g/mol. The van der Waals surface area contributed by atoms with Gasteiger partial charge in [-0.3, -0.25) is 9.59 Å². The Labute approximate surface area is 173 Å². The van der Waals surface area contributed by atoms with Gasteiger partial charge in [-0.2, -0.15) is 0 Å². The van der Waals surface area contributed by atoms with Gasteiger partial charge in [0.05, 0.1) is 14.2 Å². The third-order valence-electron chi connectivity index (χ3n) is 4.66. The molecule has 0 saturated heterocycles. The quantitative estimate of drug-likeness (QED) is 0.627. The number of carbonyl (C=O) groups is 2. The zero-order chi connectivity index (χ0) is 21.8. The highest BCUT2D eigenvalue weighted by Crippen LogP contribution is 2.34. The maximum absolute atomic E-state index is 12.6. The predicted octanol–water partition coefficient (Wildman–Crippen LogP) is 3.04. The second kappa shape index (κ2) is 8.69. The number of ether oxygens (including phenoxy) is 2. The standard InChI is InChI=1S/C22H22N2O6/c1-13(25)24(2)12-14-5-8-16(9-6-14)23-21(26)17-11-15-7-10-18(28-3)20(29-4)19(15)30-22(17)27/h5-11H,12H2,1-4H3,(H,23,26). The number of hydrogen-bond donors (Lipinski definition) is 1. The number of rotatable bonds is 6. The van der Waals surface area contributed by atoms with Gasteiger partial charge in [0.2, 0.25) is 11.7 Å². The minimum atomic E-state index is -0.786. The fraction of sp³-hybridized carbons (Fsp3) is 0.227. The summed E-state index contributed by atoms with van der Waals surface area (Å²) in [5, 5.41) is 3.21. The number of carbonyl (C=O) groups excluding carboxylic acids is 2. The molecule has 0 spiro atoms. The zero-order valence-corrected chi connectivity index (χ0v) is 17.1. The van der Waals surface area contributed by atoms with Crippen molar-refractivity contribution in [3.05, 3.63) is 64.0 Å². The molecule has 8 nitrogen and oxygen atoms in total. The van der Waals surface area contributed by atoms with Crippen LogP contribution in [0.15, 0.2) is 51.7 Å². The highest BCUT2D eigenvalue weighted by atomic mass is 16.5. The smallest absolute Gasteiger partial charge is 0.349 e. The molecule has 2 aromatic carbocycles. The predicted molar refractivity (Wildman–Crippen MR) is 112 cm³/mol. The summed E-state index contributed by atoms with van der Waals surface area (Å²) in [6.07, 6.45) is 0. The number of fused-ring (bicyclic) bond motifs is 1. The summed E-state index contributed by atoms with van der Waals surface area (Å²) in [7, 11) is 4.63. The van der Waals surface area contributed by atoms with Crippen LogP contribution in [0, 0.1) is 0 Å². The fourth-order valence-electron chi connectivity index (χ4n) is 2.93. The van der Waals surface area contributed by atoms with Crippen LogP contribution in [0.1, 0.15) is 22.8 Å². The van der Waals surface area contributed by atoms with Crippen molar-refractivity contribution in [2.45, 2.75) is 13.5 Å². The van der Waals surface area contributed by atoms with Crippen LogP contribution in [0.4, 0.5) is 5.69 Å². The molecule has 156 valence electrons. The van der Waals surface area contributed by atoms with Gasteiger partial charge in [-0.25, -0.2) is 4.79 Å². The molecule has 0 aliphatic heterocycles. The number of methoxy groups -OCH3 is 2. The first-order chi connectivity index (χ1) is 14.3. The van der Waals surface area contributed by atoms with E-state index in [9.17, 15) is 14.4 Å². The molecule has 1 heterocycles. The average Bonchev–Trinajstić information content (AvgIpc) is 2.73. The minimum absolute atomic E-state index is 0.0374. The SMILES string of the molecule is COc1ccc2cc(C(=O)Nc3ccc(CN(C)C(C)=O)cc3)c(=O)oc2c1OC. The Balaban J connectivity index is 1.84. The van der Waals surface area contributed by atoms with E-state index in [1.165, 1.54) is 27.2 Å². The van der Waals surface area contributed by atoms with Crippen LogP contribution in [-0.4, -0.2) is 38.0 Å². The van der Waals surface area contributed by atoms with Crippen molar-refractivity contribution in [1.29, 1.82) is 0 Å². The first-order valence-corrected chi connectivity index (χ1v) is 9.15. The van der Waals surface area contributed by atoms with Crippen LogP contribution < -0.4 is 20.4 Å². The molecule has 0 radical (unpaired) electrons. The number of nitrogens with one attached hydrogen (secondary N) is 1. The summed E-state index contributed by atoms with van der Waals surface area (Å²) in [5.41, 5.74) is 0.719. The summed E-state index contributed by atoms with van der Waals surface area (Å²) < 4.78 is 15.8. The van der Waals surface area contributed by atoms with Crippen molar-refractivity contribution >= 4 is 28.5 Å². The molecule has 0 saturated carbocycles. The van der Waals surface area contributed by atoms with E-state index in [-0.39, 0.29) is 22.8 Å². The number of benzene rings is 2. The second-order valence-corrected chi connectivity index (χ2v) is 6.69. The van der Waals surface area contributed by atoms with Crippen LogP contribution in [0.5, 0.6) is 11.5 Å². The van der Waals surface area contributed by atoms with Gasteiger partial charge in [0.25, 0.3) is 5.91 Å². The summed E-state index contributed by atoms with van der Waals surface area (Å²) in [4.78, 5) is 38.0. The fourth-order valence-corrected chi connectivity index (χ4v) is 2.93. The third-order valence-corrected chi connectivity index (χ3v) is 4.66. The molecular weight excluding hydrogens is 388 g/mol. The topological polar surface area (TPSA) is 98.1 Å². The maximum Gasteiger partial charge on any atom is 0.349 e. The molecular formula is C22H22N2O6. The van der Waals surface area contributed by atoms with Crippen LogP contribution in [0.25, 0.3) is 11.0 Å². The first kappa shape index (κ1) is 20.9. The zero-order valence-electron chi connectivity index (χ0n) is 17.1. The number of hydrogen-bond acceptors (Lipinski definition) is 6. The van der Waals surface area contributed by atoms with Crippen LogP contribution in [-0.2, 0) is 11.3 Å². The third kappa shape index (κ3) is 4.27. The molecule has 0 aliphatic carbocycles. The number of anilines is 1. The molecule has 30 heavy (non-hydrogen) atoms. The summed E-state index contributed by atoms with van der Waals surface area (Å²) in [6.45, 7) is 1.96. The lowest BCUT2D eigenvalue weighted by molar-refractivity contribution is -0.128. The van der Waals surface area contributed by atoms with Gasteiger partial charge in [-0.1, -0.05) is 12.1 Å². The highest BCUT2D eigenvalue weighted by Gasteiger charge is 2.18. The molecule has 8 heteroatoms. The lowest BCUT2D eigenvalue weighted by Gasteiger charge is -2.15. The Morgan fingerprint density at radius 1 is 1.07 bits per heavy atom. The molecule has 3 rings (SSSR count). The van der Waals surface area contributed by atoms with Gasteiger partial charge in [0.15, 0.2) is 11.3 Å². The minimum Gasteiger partial charge on any atom is -0.493 e. The molecule has 0 atom stereocenters. The lowest BCUT2D eigenvalue weighted by atomic mass is 10.1. The highest BCUT2D eigenvalue weighted by molar-refractivity contribution is 6.05. The van der Waals surface area contributed by atoms with Gasteiger partial charge in [-0.05, 0) is 35.9 Å². The van der Waals surface area contributed by atoms with E-state index in [0.29, 0.717) is 23.4 Å². The van der Waals surface area contributed by atoms with E-state index in [0.717, 1.165) is 5.56 Å². The molecule has 1 N–H and O–H groups in total. The second-order valence-electron chi connectivity index (χ2n) is 6.69. The Morgan fingerprint density at radius 3 is 2.37 bits per heavy atom. The van der Waals surface area contributed by atoms with E-state index >= 15 is 0 Å². The molecule has 2 amide bonds. The largest absolute Gasteiger partial charge is 0.493 e. The Kier molecular flexibility index (Phi) is 6.06. The van der Waals surface area contributed by atoms with Crippen LogP contribution in [0.2, 0.25) is 0 Å². The van der Waals surface area contributed by atoms with Crippen molar-refractivity contribution in [2.75, 3.05) is 26.6 Å². The first-order valence-electron chi connectivity index (χ1n) is 9.15. The van der Waals surface area contributed by atoms with Crippen molar-refractivity contribution in [3.63, 3.8) is 0 Å². The van der Waals surface area contributed by atoms with Crippen LogP contribution in [0.3, 0.4) is 0 Å². The van der Waals surface area contributed by atoms with Crippen molar-refractivity contribution in [1.82, 2.24) is 4.90 Å². The molecule has 0 aliphatic rings. The van der Waals surface area contributed by atoms with E-state index < -0.39 is 11.5 Å². The van der Waals surface area contributed by atoms with E-state index in [1.54, 1.807) is 48.3 Å². The van der Waals surface area contributed by atoms with Gasteiger partial charge in [0.1, 0.15) is 5.56 Å². The van der Waals surface area contributed by atoms with E-state index in [1.807, 2.05) is 0 Å². The number of nitrogens with zero attached hydrogens (tertiary/aromatic N) is 1. The molecule has 0 bridgehead atoms. The molecule has 0 unspecified atom stereocenters. The Hall–Kier alpha value is -3.81. The van der Waals surface area contributed by atoms with Gasteiger partial charge < -0.3 is 24.1 Å².